The number of likely N-dealkylation sites (N-methyl/N-ethyl adjacent to an activating group) is 1. The predicted octanol–water partition coefficient (Wildman–Crippen LogP) is 6.45. The predicted molar refractivity (Wildman–Crippen MR) is 266 cm³/mol. The number of aryl methyl sites for hydroxylation is 2. The first-order valence-electron chi connectivity index (χ1n) is 24.5. The number of nitriles is 1. The lowest BCUT2D eigenvalue weighted by atomic mass is 9.88. The van der Waals surface area contributed by atoms with E-state index >= 15 is 0 Å². The fourth-order valence-corrected chi connectivity index (χ4v) is 9.18. The molecule has 6 rings (SSSR count). The van der Waals surface area contributed by atoms with Crippen molar-refractivity contribution in [3.05, 3.63) is 88.7 Å². The summed E-state index contributed by atoms with van der Waals surface area (Å²) in [7, 11) is 1.51. The average molecular weight is 957 g/mol. The van der Waals surface area contributed by atoms with Crippen LogP contribution >= 0.6 is 0 Å². The summed E-state index contributed by atoms with van der Waals surface area (Å²) in [6.45, 7) is 8.09. The van der Waals surface area contributed by atoms with Crippen LogP contribution in [0.1, 0.15) is 117 Å². The average Bonchev–Trinajstić information content (AvgIpc) is 4.11. The SMILES string of the molecule is CCCCC1(Oc2ccc(-c3nc(C)c(C(=O)C[C@@H](CCN)C(=O)N(C)[C@@H]4C(=O)C[C@@H](C)C(=O)N[C@H](C(=O)CCC#N)Cc5ccc(OCCN)c(c5)-c5cc4ccc5OCCN)c(C)n3)cc2)CC1. The molecule has 1 saturated carbocycles. The summed E-state index contributed by atoms with van der Waals surface area (Å²) in [5.74, 6) is -1.95. The van der Waals surface area contributed by atoms with Gasteiger partial charge in [-0.1, -0.05) is 32.4 Å². The summed E-state index contributed by atoms with van der Waals surface area (Å²) in [4.78, 5) is 82.2. The first-order chi connectivity index (χ1) is 33.7. The fourth-order valence-electron chi connectivity index (χ4n) is 9.18. The Bertz CT molecular complexity index is 2550. The summed E-state index contributed by atoms with van der Waals surface area (Å²) < 4.78 is 18.7. The molecule has 0 spiro atoms. The topological polar surface area (TPSA) is 256 Å². The summed E-state index contributed by atoms with van der Waals surface area (Å²) in [6, 6.07) is 17.9. The Morgan fingerprint density at radius 2 is 1.54 bits per heavy atom. The normalized spacial score (nSPS) is 17.8. The number of unbranched alkanes of at least 4 members (excludes halogenated alkanes) is 1. The third kappa shape index (κ3) is 13.0. The first-order valence-corrected chi connectivity index (χ1v) is 24.5. The minimum Gasteiger partial charge on any atom is -0.492 e. The molecule has 0 saturated heterocycles. The van der Waals surface area contributed by atoms with Crippen LogP contribution in [0.15, 0.2) is 60.7 Å². The molecule has 4 aromatic rings. The Morgan fingerprint density at radius 3 is 2.14 bits per heavy atom. The van der Waals surface area contributed by atoms with Gasteiger partial charge in [-0.25, -0.2) is 9.97 Å². The summed E-state index contributed by atoms with van der Waals surface area (Å²) in [6.07, 6.45) is 4.97. The van der Waals surface area contributed by atoms with Crippen LogP contribution in [0.5, 0.6) is 17.2 Å². The van der Waals surface area contributed by atoms with Crippen LogP contribution in [0.3, 0.4) is 0 Å². The number of hydrogen-bond donors (Lipinski definition) is 4. The molecule has 2 heterocycles. The molecule has 7 N–H and O–H groups in total. The number of fused-ring (bicyclic) bond motifs is 5. The van der Waals surface area contributed by atoms with Crippen molar-refractivity contribution < 1.29 is 38.2 Å². The van der Waals surface area contributed by atoms with E-state index in [2.05, 4.69) is 12.2 Å². The van der Waals surface area contributed by atoms with E-state index in [1.165, 1.54) is 11.9 Å². The van der Waals surface area contributed by atoms with Gasteiger partial charge in [-0.05, 0) is 119 Å². The van der Waals surface area contributed by atoms with Gasteiger partial charge < -0.3 is 41.6 Å². The van der Waals surface area contributed by atoms with Crippen molar-refractivity contribution in [2.24, 2.45) is 29.0 Å². The number of nitrogens with two attached hydrogens (primary N) is 3. The standard InChI is InChI=1S/C54H68N8O8/c1-6-7-19-54(20-21-54)70-40-14-11-37(12-15-40)51-59-34(3)49(35(4)60-51)45(64)32-39(18-23-56)53(67)62(5)50-38-13-17-48(69-27-25-58)42(31-38)41-29-36(10-16-47(41)68-26-24-57)30-43(44(63)9-8-22-55)61-52(66)33(2)28-46(50)65/h10-17,29,31,33,39,43,50H,6-9,18-21,23-28,30,32,56-58H2,1-5H3,(H,61,66)/t33-,39-,43+,50+/m1/s1. The van der Waals surface area contributed by atoms with Crippen LogP contribution in [0.2, 0.25) is 0 Å². The van der Waals surface area contributed by atoms with Gasteiger partial charge in [0.1, 0.15) is 42.1 Å². The van der Waals surface area contributed by atoms with Crippen LogP contribution in [0, 0.1) is 37.0 Å². The van der Waals surface area contributed by atoms with Crippen molar-refractivity contribution in [1.29, 1.82) is 5.26 Å². The Kier molecular flexibility index (Phi) is 18.4. The number of carbonyl (C=O) groups is 5. The molecule has 1 aliphatic carbocycles. The van der Waals surface area contributed by atoms with Gasteiger partial charge in [0.05, 0.1) is 29.1 Å². The highest BCUT2D eigenvalue weighted by molar-refractivity contribution is 6.01. The number of carbonyl (C=O) groups excluding carboxylic acids is 5. The number of aromatic nitrogens is 2. The van der Waals surface area contributed by atoms with Gasteiger partial charge in [0.25, 0.3) is 0 Å². The zero-order chi connectivity index (χ0) is 50.5. The smallest absolute Gasteiger partial charge is 0.226 e. The lowest BCUT2D eigenvalue weighted by molar-refractivity contribution is -0.142. The monoisotopic (exact) mass is 957 g/mol. The number of Topliss-reactive ketones (excluding diaryl/α,β-unsaturated/α-hetero) is 3. The van der Waals surface area contributed by atoms with E-state index < -0.39 is 41.5 Å². The van der Waals surface area contributed by atoms with Crippen LogP contribution < -0.4 is 36.7 Å². The number of ether oxygens (including phenoxy) is 3. The maximum atomic E-state index is 14.9. The Balaban J connectivity index is 1.33. The van der Waals surface area contributed by atoms with Gasteiger partial charge in [0, 0.05) is 74.3 Å². The number of amides is 2. The molecule has 4 atom stereocenters. The molecule has 372 valence electrons. The lowest BCUT2D eigenvalue weighted by Crippen LogP contribution is -2.46. The third-order valence-corrected chi connectivity index (χ3v) is 13.1. The van der Waals surface area contributed by atoms with Gasteiger partial charge in [-0.2, -0.15) is 5.26 Å². The lowest BCUT2D eigenvalue weighted by Gasteiger charge is -2.32. The molecule has 1 fully saturated rings. The molecule has 0 radical (unpaired) electrons. The minimum absolute atomic E-state index is 0.0335. The van der Waals surface area contributed by atoms with Crippen molar-refractivity contribution >= 4 is 29.2 Å². The number of ketones is 3. The second kappa shape index (κ2) is 24.3. The molecule has 3 aromatic carbocycles. The van der Waals surface area contributed by atoms with Crippen LogP contribution in [-0.4, -0.2) is 95.6 Å². The first kappa shape index (κ1) is 52.8. The maximum Gasteiger partial charge on any atom is 0.226 e. The molecule has 4 bridgehead atoms. The Hall–Kier alpha value is -6.54. The fraction of sp³-hybridized carbons (Fsp3) is 0.481. The molecule has 16 nitrogen and oxygen atoms in total. The van der Waals surface area contributed by atoms with E-state index in [1.54, 1.807) is 51.1 Å². The van der Waals surface area contributed by atoms with Gasteiger partial charge in [0.2, 0.25) is 11.8 Å². The maximum absolute atomic E-state index is 14.9. The quantitative estimate of drug-likeness (QED) is 0.0618. The van der Waals surface area contributed by atoms with Gasteiger partial charge >= 0.3 is 0 Å². The van der Waals surface area contributed by atoms with Crippen molar-refractivity contribution in [3.8, 4) is 45.8 Å². The van der Waals surface area contributed by atoms with Crippen LogP contribution in [-0.2, 0) is 25.6 Å². The molecular weight excluding hydrogens is 889 g/mol. The molecule has 1 aromatic heterocycles. The summed E-state index contributed by atoms with van der Waals surface area (Å²) in [5.41, 5.74) is 21.9. The van der Waals surface area contributed by atoms with E-state index in [-0.39, 0.29) is 88.5 Å². The van der Waals surface area contributed by atoms with E-state index in [4.69, 9.17) is 41.4 Å². The van der Waals surface area contributed by atoms with E-state index in [1.807, 2.05) is 36.4 Å². The summed E-state index contributed by atoms with van der Waals surface area (Å²) >= 11 is 0. The Morgan fingerprint density at radius 1 is 0.900 bits per heavy atom. The molecule has 2 aliphatic rings. The Labute approximate surface area is 411 Å². The van der Waals surface area contributed by atoms with Gasteiger partial charge in [0.15, 0.2) is 23.2 Å². The van der Waals surface area contributed by atoms with Gasteiger partial charge in [-0.3, -0.25) is 24.0 Å². The molecule has 0 unspecified atom stereocenters. The molecule has 2 amide bonds. The van der Waals surface area contributed by atoms with E-state index in [0.717, 1.165) is 43.4 Å². The van der Waals surface area contributed by atoms with Crippen molar-refractivity contribution in [1.82, 2.24) is 20.2 Å². The molecule has 16 heteroatoms. The molecular formula is C54H68N8O8. The van der Waals surface area contributed by atoms with Crippen molar-refractivity contribution in [2.75, 3.05) is 39.9 Å². The largest absolute Gasteiger partial charge is 0.492 e. The molecule has 1 aliphatic heterocycles. The number of nitrogens with one attached hydrogen (secondary N) is 1. The van der Waals surface area contributed by atoms with Crippen molar-refractivity contribution in [2.45, 2.75) is 116 Å². The highest BCUT2D eigenvalue weighted by atomic mass is 16.5. The van der Waals surface area contributed by atoms with Gasteiger partial charge in [-0.15, -0.1) is 0 Å². The zero-order valence-electron chi connectivity index (χ0n) is 41.2. The highest BCUT2D eigenvalue weighted by Crippen LogP contribution is 2.45. The number of benzene rings is 3. The highest BCUT2D eigenvalue weighted by Gasteiger charge is 2.44. The minimum atomic E-state index is -1.25. The van der Waals surface area contributed by atoms with Crippen molar-refractivity contribution in [3.63, 3.8) is 0 Å². The third-order valence-electron chi connectivity index (χ3n) is 13.1. The number of hydrogen-bond acceptors (Lipinski definition) is 14. The second-order valence-electron chi connectivity index (χ2n) is 18.6. The molecule has 70 heavy (non-hydrogen) atoms. The van der Waals surface area contributed by atoms with E-state index in [9.17, 15) is 29.2 Å². The van der Waals surface area contributed by atoms with Crippen LogP contribution in [0.25, 0.3) is 22.5 Å². The van der Waals surface area contributed by atoms with Crippen LogP contribution in [0.4, 0.5) is 0 Å². The summed E-state index contributed by atoms with van der Waals surface area (Å²) in [5, 5.41) is 12.1. The zero-order valence-corrected chi connectivity index (χ0v) is 41.2. The second-order valence-corrected chi connectivity index (χ2v) is 18.6. The number of rotatable bonds is 22. The van der Waals surface area contributed by atoms with E-state index in [0.29, 0.717) is 56.5 Å². The number of nitrogens with zero attached hydrogens (tertiary/aromatic N) is 4.